The number of hydrogen-bond acceptors (Lipinski definition) is 4. The Morgan fingerprint density at radius 2 is 1.70 bits per heavy atom. The molecular weight excluding hydrogens is 364 g/mol. The number of amides is 1. The van der Waals surface area contributed by atoms with Crippen LogP contribution >= 0.6 is 0 Å². The fourth-order valence-electron chi connectivity index (χ4n) is 2.92. The van der Waals surface area contributed by atoms with Gasteiger partial charge in [-0.15, -0.1) is 0 Å². The largest absolute Gasteiger partial charge is 0.497 e. The van der Waals surface area contributed by atoms with E-state index in [1.807, 2.05) is 31.2 Å². The molecule has 0 fully saturated rings. The monoisotopic (exact) mass is 390 g/mol. The molecule has 0 aromatic heterocycles. The number of ether oxygens (including phenoxy) is 1. The van der Waals surface area contributed by atoms with Crippen LogP contribution in [0, 0.1) is 0 Å². The number of sulfonamides is 1. The number of nitrogens with zero attached hydrogens (tertiary/aromatic N) is 1. The second-order valence-electron chi connectivity index (χ2n) is 6.32. The summed E-state index contributed by atoms with van der Waals surface area (Å²) >= 11 is 0. The number of benzene rings is 2. The van der Waals surface area contributed by atoms with Gasteiger partial charge in [-0.1, -0.05) is 37.3 Å². The van der Waals surface area contributed by atoms with Crippen LogP contribution in [0.15, 0.2) is 54.6 Å². The second kappa shape index (κ2) is 8.90. The molecule has 0 unspecified atom stereocenters. The quantitative estimate of drug-likeness (QED) is 0.751. The maximum atomic E-state index is 12.9. The van der Waals surface area contributed by atoms with Gasteiger partial charge in [-0.3, -0.25) is 9.10 Å². The van der Waals surface area contributed by atoms with E-state index in [4.69, 9.17) is 4.74 Å². The van der Waals surface area contributed by atoms with E-state index in [1.165, 1.54) is 4.31 Å². The molecule has 6 nitrogen and oxygen atoms in total. The van der Waals surface area contributed by atoms with E-state index in [2.05, 4.69) is 5.32 Å². The minimum absolute atomic E-state index is 0.269. The number of nitrogens with one attached hydrogen (secondary N) is 1. The maximum absolute atomic E-state index is 12.9. The molecular formula is C20H26N2O4S. The molecule has 7 heteroatoms. The van der Waals surface area contributed by atoms with Crippen molar-refractivity contribution in [3.05, 3.63) is 60.2 Å². The van der Waals surface area contributed by atoms with E-state index in [9.17, 15) is 13.2 Å². The van der Waals surface area contributed by atoms with Gasteiger partial charge in [0.1, 0.15) is 11.8 Å². The van der Waals surface area contributed by atoms with Crippen LogP contribution < -0.4 is 14.4 Å². The lowest BCUT2D eigenvalue weighted by atomic mass is 10.1. The highest BCUT2D eigenvalue weighted by atomic mass is 32.2. The topological polar surface area (TPSA) is 75.7 Å². The summed E-state index contributed by atoms with van der Waals surface area (Å²) < 4.78 is 31.1. The Hall–Kier alpha value is -2.54. The van der Waals surface area contributed by atoms with Crippen molar-refractivity contribution < 1.29 is 17.9 Å². The van der Waals surface area contributed by atoms with E-state index < -0.39 is 16.1 Å². The predicted octanol–water partition coefficient (Wildman–Crippen LogP) is 3.12. The average Bonchev–Trinajstić information content (AvgIpc) is 2.65. The molecule has 1 N–H and O–H groups in total. The first-order valence-electron chi connectivity index (χ1n) is 8.76. The number of hydrogen-bond donors (Lipinski definition) is 1. The first-order valence-corrected chi connectivity index (χ1v) is 10.6. The second-order valence-corrected chi connectivity index (χ2v) is 8.18. The van der Waals surface area contributed by atoms with Crippen LogP contribution in [0.3, 0.4) is 0 Å². The number of anilines is 1. The van der Waals surface area contributed by atoms with Gasteiger partial charge in [-0.25, -0.2) is 8.42 Å². The van der Waals surface area contributed by atoms with Crippen molar-refractivity contribution in [1.82, 2.24) is 5.32 Å². The Bertz CT molecular complexity index is 851. The maximum Gasteiger partial charge on any atom is 0.244 e. The van der Waals surface area contributed by atoms with Gasteiger partial charge in [-0.2, -0.15) is 0 Å². The molecule has 0 heterocycles. The molecule has 146 valence electrons. The predicted molar refractivity (Wildman–Crippen MR) is 107 cm³/mol. The molecule has 2 rings (SSSR count). The molecule has 0 radical (unpaired) electrons. The minimum atomic E-state index is -3.63. The average molecular weight is 391 g/mol. The van der Waals surface area contributed by atoms with E-state index in [-0.39, 0.29) is 11.9 Å². The summed E-state index contributed by atoms with van der Waals surface area (Å²) in [6.45, 7) is 3.66. The van der Waals surface area contributed by atoms with Gasteiger partial charge in [0.2, 0.25) is 15.9 Å². The third-order valence-corrected chi connectivity index (χ3v) is 5.49. The van der Waals surface area contributed by atoms with Gasteiger partial charge in [0, 0.05) is 0 Å². The van der Waals surface area contributed by atoms with Crippen molar-refractivity contribution in [3.63, 3.8) is 0 Å². The fraction of sp³-hybridized carbons (Fsp3) is 0.350. The van der Waals surface area contributed by atoms with Gasteiger partial charge >= 0.3 is 0 Å². The molecule has 2 aromatic carbocycles. The normalized spacial score (nSPS) is 13.5. The standard InChI is InChI=1S/C20H26N2O4S/c1-5-19(22(27(4,24)25)17-9-7-6-8-10-17)20(23)21-15(2)16-11-13-18(26-3)14-12-16/h6-15,19H,5H2,1-4H3,(H,21,23)/t15-,19-/m1/s1. The summed E-state index contributed by atoms with van der Waals surface area (Å²) in [6.07, 6.45) is 1.46. The molecule has 0 spiro atoms. The van der Waals surface area contributed by atoms with Crippen molar-refractivity contribution in [2.45, 2.75) is 32.4 Å². The van der Waals surface area contributed by atoms with Crippen LogP contribution in [0.1, 0.15) is 31.9 Å². The SMILES string of the molecule is CC[C@H](C(=O)N[C@H](C)c1ccc(OC)cc1)N(c1ccccc1)S(C)(=O)=O. The van der Waals surface area contributed by atoms with E-state index in [0.717, 1.165) is 17.6 Å². The Balaban J connectivity index is 2.24. The molecule has 0 saturated carbocycles. The number of para-hydroxylation sites is 1. The number of methoxy groups -OCH3 is 1. The minimum Gasteiger partial charge on any atom is -0.497 e. The summed E-state index contributed by atoms with van der Waals surface area (Å²) in [7, 11) is -2.04. The molecule has 0 aliphatic rings. The van der Waals surface area contributed by atoms with Crippen LogP contribution in [0.2, 0.25) is 0 Å². The third-order valence-electron chi connectivity index (χ3n) is 4.31. The summed E-state index contributed by atoms with van der Waals surface area (Å²) in [5.74, 6) is 0.395. The molecule has 2 atom stereocenters. The lowest BCUT2D eigenvalue weighted by molar-refractivity contribution is -0.122. The van der Waals surface area contributed by atoms with Crippen LogP contribution in [-0.2, 0) is 14.8 Å². The Morgan fingerprint density at radius 1 is 1.11 bits per heavy atom. The summed E-state index contributed by atoms with van der Waals surface area (Å²) in [4.78, 5) is 12.9. The first-order chi connectivity index (χ1) is 12.8. The van der Waals surface area contributed by atoms with Crippen molar-refractivity contribution in [2.75, 3.05) is 17.7 Å². The van der Waals surface area contributed by atoms with Crippen LogP contribution in [-0.4, -0.2) is 33.7 Å². The van der Waals surface area contributed by atoms with Crippen molar-refractivity contribution in [2.24, 2.45) is 0 Å². The summed E-state index contributed by atoms with van der Waals surface area (Å²) in [6, 6.07) is 15.0. The molecule has 0 aliphatic heterocycles. The molecule has 0 saturated heterocycles. The lowest BCUT2D eigenvalue weighted by Gasteiger charge is -2.31. The van der Waals surface area contributed by atoms with Gasteiger partial charge < -0.3 is 10.1 Å². The van der Waals surface area contributed by atoms with Crippen LogP contribution in [0.25, 0.3) is 0 Å². The zero-order valence-electron chi connectivity index (χ0n) is 16.0. The zero-order chi connectivity index (χ0) is 20.0. The highest BCUT2D eigenvalue weighted by Crippen LogP contribution is 2.23. The van der Waals surface area contributed by atoms with Gasteiger partial charge in [0.05, 0.1) is 25.1 Å². The first kappa shape index (κ1) is 20.8. The van der Waals surface area contributed by atoms with Crippen LogP contribution in [0.4, 0.5) is 5.69 Å². The van der Waals surface area contributed by atoms with Gasteiger partial charge in [0.15, 0.2) is 0 Å². The smallest absolute Gasteiger partial charge is 0.244 e. The zero-order valence-corrected chi connectivity index (χ0v) is 16.9. The molecule has 0 aliphatic carbocycles. The third kappa shape index (κ3) is 5.23. The Morgan fingerprint density at radius 3 is 2.19 bits per heavy atom. The number of rotatable bonds is 8. The van der Waals surface area contributed by atoms with E-state index in [1.54, 1.807) is 44.4 Å². The summed E-state index contributed by atoms with van der Waals surface area (Å²) in [5.41, 5.74) is 1.38. The lowest BCUT2D eigenvalue weighted by Crippen LogP contribution is -2.49. The Kier molecular flexibility index (Phi) is 6.85. The molecule has 1 amide bonds. The van der Waals surface area contributed by atoms with E-state index >= 15 is 0 Å². The number of carbonyl (C=O) groups is 1. The van der Waals surface area contributed by atoms with Crippen molar-refractivity contribution in [3.8, 4) is 5.75 Å². The fourth-order valence-corrected chi connectivity index (χ4v) is 4.13. The van der Waals surface area contributed by atoms with Crippen LogP contribution in [0.5, 0.6) is 5.75 Å². The number of carbonyl (C=O) groups excluding carboxylic acids is 1. The molecule has 0 bridgehead atoms. The van der Waals surface area contributed by atoms with Gasteiger partial charge in [-0.05, 0) is 43.2 Å². The highest BCUT2D eigenvalue weighted by molar-refractivity contribution is 7.92. The van der Waals surface area contributed by atoms with Gasteiger partial charge in [0.25, 0.3) is 0 Å². The Labute approximate surface area is 161 Å². The summed E-state index contributed by atoms with van der Waals surface area (Å²) in [5, 5.41) is 2.92. The van der Waals surface area contributed by atoms with Crippen molar-refractivity contribution >= 4 is 21.6 Å². The van der Waals surface area contributed by atoms with Crippen molar-refractivity contribution in [1.29, 1.82) is 0 Å². The highest BCUT2D eigenvalue weighted by Gasteiger charge is 2.32. The molecule has 2 aromatic rings. The van der Waals surface area contributed by atoms with E-state index in [0.29, 0.717) is 12.1 Å². The molecule has 27 heavy (non-hydrogen) atoms.